The number of amidine groups is 1. The number of rotatable bonds is 11. The number of benzene rings is 1. The molecule has 3 unspecified atom stereocenters. The molecule has 368 valence electrons. The minimum absolute atomic E-state index is 0.120. The van der Waals surface area contributed by atoms with Crippen LogP contribution in [0.15, 0.2) is 47.8 Å². The Morgan fingerprint density at radius 3 is 2.32 bits per heavy atom. The molecule has 7 aliphatic rings. The lowest BCUT2D eigenvalue weighted by Gasteiger charge is -2.44. The number of anilines is 1. The number of nitrogens with zero attached hydrogens (tertiary/aromatic N) is 9. The van der Waals surface area contributed by atoms with E-state index >= 15 is 0 Å². The molecule has 1 spiro atoms. The molecule has 10 rings (SSSR count). The molecule has 2 aliphatic carbocycles. The summed E-state index contributed by atoms with van der Waals surface area (Å²) in [5, 5.41) is 1.65. The Labute approximate surface area is 406 Å². The molecule has 17 heteroatoms. The van der Waals surface area contributed by atoms with Gasteiger partial charge in [0.15, 0.2) is 0 Å². The molecular formula is C51H72ClN11O5. The van der Waals surface area contributed by atoms with E-state index in [-0.39, 0.29) is 36.1 Å². The summed E-state index contributed by atoms with van der Waals surface area (Å²) in [7, 11) is 0. The van der Waals surface area contributed by atoms with Gasteiger partial charge in [-0.05, 0) is 108 Å². The van der Waals surface area contributed by atoms with E-state index in [9.17, 15) is 14.4 Å². The number of H-pyrrole nitrogens is 1. The summed E-state index contributed by atoms with van der Waals surface area (Å²) in [6, 6.07) is 9.35. The van der Waals surface area contributed by atoms with Gasteiger partial charge in [-0.25, -0.2) is 19.7 Å². The van der Waals surface area contributed by atoms with Crippen molar-refractivity contribution in [3.05, 3.63) is 53.4 Å². The number of hydrogen-bond acceptors (Lipinski definition) is 12. The van der Waals surface area contributed by atoms with Crippen LogP contribution in [0.1, 0.15) is 103 Å². The maximum atomic E-state index is 14.4. The zero-order chi connectivity index (χ0) is 47.2. The number of halogens is 1. The van der Waals surface area contributed by atoms with Crippen LogP contribution >= 0.6 is 11.6 Å². The smallest absolute Gasteiger partial charge is 0.416 e. The van der Waals surface area contributed by atoms with E-state index in [0.717, 1.165) is 119 Å². The number of fused-ring (bicyclic) bond motifs is 3. The molecule has 5 aliphatic heterocycles. The van der Waals surface area contributed by atoms with E-state index in [1.807, 2.05) is 62.2 Å². The Morgan fingerprint density at radius 2 is 1.60 bits per heavy atom. The van der Waals surface area contributed by atoms with Crippen LogP contribution in [0.25, 0.3) is 11.0 Å². The number of piperidine rings is 1. The molecule has 7 heterocycles. The number of piperazine rings is 2. The molecule has 3 amide bonds. The molecular weight excluding hydrogens is 882 g/mol. The van der Waals surface area contributed by atoms with Crippen molar-refractivity contribution >= 4 is 52.2 Å². The van der Waals surface area contributed by atoms with Gasteiger partial charge in [0.2, 0.25) is 11.8 Å². The number of aromatic amines is 1. The topological polar surface area (TPSA) is 169 Å². The van der Waals surface area contributed by atoms with Crippen LogP contribution in [-0.2, 0) is 19.1 Å². The summed E-state index contributed by atoms with van der Waals surface area (Å²) >= 11 is 6.39. The van der Waals surface area contributed by atoms with Crippen LogP contribution in [0.2, 0.25) is 5.02 Å². The first kappa shape index (κ1) is 47.3. The minimum Gasteiger partial charge on any atom is -0.443 e. The second kappa shape index (κ2) is 19.4. The average molecular weight is 955 g/mol. The molecule has 68 heavy (non-hydrogen) atoms. The number of nitrogens with two attached hydrogens (primary N) is 1. The highest BCUT2D eigenvalue weighted by Gasteiger charge is 2.65. The first-order valence-electron chi connectivity index (χ1n) is 25.6. The highest BCUT2D eigenvalue weighted by molar-refractivity contribution is 6.30. The monoisotopic (exact) mass is 954 g/mol. The van der Waals surface area contributed by atoms with E-state index < -0.39 is 16.6 Å². The standard InChI is InChI=1S/C51H72ClN11O5/c1-49(2,3)68-48(66)63-46(51(63)17-21-60(22-18-51)44-39-14-19-54-43(39)55-34-56-44)57-40(35-9-11-38(52)12-10-35)15-20-58-23-29-62(30-24-58)47(65)50-16-13-37(31-50)41(67-33-50)32-59-25-27-61(28-26-59)45(64)42(53)36-7-5-4-6-8-36/h9-12,14,19,34,36-37,40-42H,4-8,13,15-18,20-33,53H2,1-3H3,(H,54,55,56)/t37?,40-,41?,42+,50?,63?/m0/s1. The highest BCUT2D eigenvalue weighted by Crippen LogP contribution is 2.50. The Kier molecular flexibility index (Phi) is 13.5. The first-order chi connectivity index (χ1) is 32.8. The normalized spacial score (nSPS) is 27.5. The molecule has 1 aromatic carbocycles. The third-order valence-electron chi connectivity index (χ3n) is 16.5. The van der Waals surface area contributed by atoms with Crippen molar-refractivity contribution in [2.24, 2.45) is 28.0 Å². The molecule has 2 saturated carbocycles. The van der Waals surface area contributed by atoms with E-state index in [1.54, 1.807) is 11.2 Å². The predicted molar refractivity (Wildman–Crippen MR) is 262 cm³/mol. The maximum Gasteiger partial charge on any atom is 0.416 e. The van der Waals surface area contributed by atoms with E-state index in [4.69, 9.17) is 31.8 Å². The number of nitrogens with one attached hydrogen (secondary N) is 1. The van der Waals surface area contributed by atoms with Gasteiger partial charge in [-0.1, -0.05) is 43.0 Å². The van der Waals surface area contributed by atoms with Gasteiger partial charge in [-0.2, -0.15) is 0 Å². The molecule has 2 bridgehead atoms. The summed E-state index contributed by atoms with van der Waals surface area (Å²) in [6.07, 6.45) is 14.0. The largest absolute Gasteiger partial charge is 0.443 e. The van der Waals surface area contributed by atoms with Crippen LogP contribution in [0.4, 0.5) is 10.6 Å². The average Bonchev–Trinajstić information content (AvgIpc) is 3.60. The van der Waals surface area contributed by atoms with Crippen molar-refractivity contribution in [1.82, 2.24) is 39.5 Å². The molecule has 7 fully saturated rings. The van der Waals surface area contributed by atoms with E-state index in [0.29, 0.717) is 62.5 Å². The second-order valence-electron chi connectivity index (χ2n) is 21.9. The highest BCUT2D eigenvalue weighted by atomic mass is 35.5. The lowest BCUT2D eigenvalue weighted by atomic mass is 9.81. The number of aromatic nitrogens is 3. The molecule has 2 aromatic heterocycles. The van der Waals surface area contributed by atoms with Gasteiger partial charge in [0.25, 0.3) is 0 Å². The van der Waals surface area contributed by atoms with Gasteiger partial charge in [0, 0.05) is 89.8 Å². The van der Waals surface area contributed by atoms with Crippen LogP contribution in [-0.4, -0.2) is 172 Å². The molecule has 16 nitrogen and oxygen atoms in total. The minimum atomic E-state index is -0.651. The Morgan fingerprint density at radius 1 is 0.897 bits per heavy atom. The van der Waals surface area contributed by atoms with Crippen LogP contribution in [0.5, 0.6) is 0 Å². The van der Waals surface area contributed by atoms with E-state index in [2.05, 4.69) is 34.6 Å². The number of hydrogen-bond donors (Lipinski definition) is 2. The molecule has 0 radical (unpaired) electrons. The molecule has 5 saturated heterocycles. The fourth-order valence-electron chi connectivity index (χ4n) is 12.4. The van der Waals surface area contributed by atoms with Gasteiger partial charge in [-0.15, -0.1) is 0 Å². The lowest BCUT2D eigenvalue weighted by Crippen LogP contribution is -2.57. The molecule has 3 aromatic rings. The fraction of sp³-hybridized carbons (Fsp3) is 0.686. The van der Waals surface area contributed by atoms with E-state index in [1.165, 1.54) is 19.3 Å². The van der Waals surface area contributed by atoms with Crippen LogP contribution < -0.4 is 10.6 Å². The Balaban J connectivity index is 0.737. The van der Waals surface area contributed by atoms with Gasteiger partial charge in [0.1, 0.15) is 34.8 Å². The molecule has 3 N–H and O–H groups in total. The van der Waals surface area contributed by atoms with Crippen LogP contribution in [0.3, 0.4) is 0 Å². The number of carbonyl (C=O) groups is 3. The van der Waals surface area contributed by atoms with Gasteiger partial charge in [0.05, 0.1) is 35.6 Å². The van der Waals surface area contributed by atoms with Gasteiger partial charge in [-0.3, -0.25) is 24.4 Å². The Hall–Kier alpha value is -4.35. The lowest BCUT2D eigenvalue weighted by molar-refractivity contribution is -0.156. The van der Waals surface area contributed by atoms with Gasteiger partial charge < -0.3 is 34.9 Å². The van der Waals surface area contributed by atoms with Gasteiger partial charge >= 0.3 is 6.09 Å². The van der Waals surface area contributed by atoms with Crippen molar-refractivity contribution in [1.29, 1.82) is 0 Å². The van der Waals surface area contributed by atoms with Crippen molar-refractivity contribution in [2.75, 3.05) is 90.0 Å². The van der Waals surface area contributed by atoms with Crippen molar-refractivity contribution in [2.45, 2.75) is 121 Å². The third-order valence-corrected chi connectivity index (χ3v) is 16.7. The van der Waals surface area contributed by atoms with Crippen molar-refractivity contribution in [3.8, 4) is 0 Å². The quantitative estimate of drug-likeness (QED) is 0.213. The van der Waals surface area contributed by atoms with Crippen LogP contribution in [0, 0.1) is 17.3 Å². The summed E-state index contributed by atoms with van der Waals surface area (Å²) in [5.74, 6) is 2.76. The third kappa shape index (κ3) is 9.73. The Bertz CT molecular complexity index is 2310. The number of ether oxygens (including phenoxy) is 2. The van der Waals surface area contributed by atoms with Crippen molar-refractivity contribution < 1.29 is 23.9 Å². The number of aliphatic imine (C=N–C) groups is 1. The second-order valence-corrected chi connectivity index (χ2v) is 22.3. The zero-order valence-electron chi connectivity index (χ0n) is 40.4. The number of amides is 3. The summed E-state index contributed by atoms with van der Waals surface area (Å²) < 4.78 is 12.6. The maximum absolute atomic E-state index is 14.4. The fourth-order valence-corrected chi connectivity index (χ4v) is 12.6. The summed E-state index contributed by atoms with van der Waals surface area (Å²) in [5.41, 5.74) is 6.74. The summed E-state index contributed by atoms with van der Waals surface area (Å²) in [6.45, 7) is 15.3. The van der Waals surface area contributed by atoms with Crippen molar-refractivity contribution in [3.63, 3.8) is 0 Å². The molecule has 5 atom stereocenters. The summed E-state index contributed by atoms with van der Waals surface area (Å²) in [4.78, 5) is 72.3. The first-order valence-corrected chi connectivity index (χ1v) is 26.0. The predicted octanol–water partition coefficient (Wildman–Crippen LogP) is 6.11. The number of carbonyl (C=O) groups excluding carboxylic acids is 3. The SMILES string of the molecule is CC(C)(C)OC(=O)N1C(=N[C@@H](CCN2CCN(C(=O)C34CCC(C3)C(CN3CCN(C(=O)[C@H](N)C5CCCCC5)CC3)OC4)CC2)c2ccc(Cl)cc2)C12CCN(c1ncnc3[nH]ccc13)CC2. The zero-order valence-corrected chi connectivity index (χ0v) is 41.2.